The van der Waals surface area contributed by atoms with Crippen molar-refractivity contribution in [2.75, 3.05) is 57.4 Å². The Morgan fingerprint density at radius 3 is 2.20 bits per heavy atom. The van der Waals surface area contributed by atoms with Gasteiger partial charge in [0.25, 0.3) is 0 Å². The van der Waals surface area contributed by atoms with Gasteiger partial charge in [0.15, 0.2) is 5.82 Å². The van der Waals surface area contributed by atoms with E-state index in [-0.39, 0.29) is 6.03 Å². The zero-order chi connectivity index (χ0) is 17.2. The molecule has 0 unspecified atom stereocenters. The molecule has 4 rings (SSSR count). The number of hydrogen-bond acceptors (Lipinski definition) is 5. The largest absolute Gasteiger partial charge is 0.378 e. The van der Waals surface area contributed by atoms with Crippen molar-refractivity contribution in [3.8, 4) is 0 Å². The molecule has 0 bridgehead atoms. The van der Waals surface area contributed by atoms with Crippen molar-refractivity contribution < 1.29 is 9.53 Å². The van der Waals surface area contributed by atoms with Crippen LogP contribution in [0.5, 0.6) is 0 Å². The smallest absolute Gasteiger partial charge is 0.320 e. The third-order valence-electron chi connectivity index (χ3n) is 4.85. The normalized spacial score (nSPS) is 18.7. The molecule has 7 heteroatoms. The molecule has 0 spiro atoms. The molecule has 7 nitrogen and oxygen atoms in total. The molecule has 1 aromatic heterocycles. The number of carbonyl (C=O) groups is 1. The van der Waals surface area contributed by atoms with E-state index in [9.17, 15) is 4.79 Å². The molecule has 25 heavy (non-hydrogen) atoms. The highest BCUT2D eigenvalue weighted by molar-refractivity contribution is 5.77. The van der Waals surface area contributed by atoms with E-state index in [1.807, 2.05) is 41.0 Å². The lowest BCUT2D eigenvalue weighted by Gasteiger charge is -2.39. The van der Waals surface area contributed by atoms with Crippen LogP contribution in [-0.4, -0.2) is 78.3 Å². The Morgan fingerprint density at radius 1 is 0.920 bits per heavy atom. The summed E-state index contributed by atoms with van der Waals surface area (Å²) in [4.78, 5) is 28.1. The fourth-order valence-electron chi connectivity index (χ4n) is 3.44. The number of para-hydroxylation sites is 2. The predicted octanol–water partition coefficient (Wildman–Crippen LogP) is 1.51. The number of ether oxygens (including phenoxy) is 1. The first kappa shape index (κ1) is 16.1. The van der Waals surface area contributed by atoms with Crippen LogP contribution in [-0.2, 0) is 4.74 Å². The van der Waals surface area contributed by atoms with E-state index in [4.69, 9.17) is 9.72 Å². The molecule has 0 aliphatic carbocycles. The lowest BCUT2D eigenvalue weighted by Crippen LogP contribution is -2.55. The zero-order valence-electron chi connectivity index (χ0n) is 14.5. The van der Waals surface area contributed by atoms with E-state index in [0.717, 1.165) is 35.6 Å². The van der Waals surface area contributed by atoms with Gasteiger partial charge in [-0.2, -0.15) is 0 Å². The van der Waals surface area contributed by atoms with Crippen LogP contribution >= 0.6 is 0 Å². The SMILES string of the molecule is Cc1nc2ccccc2nc1N1CCN(C(=O)N2CCOCC2)CC1. The molecule has 0 atom stereocenters. The van der Waals surface area contributed by atoms with Gasteiger partial charge in [0.1, 0.15) is 0 Å². The number of hydrogen-bond donors (Lipinski definition) is 0. The third-order valence-corrected chi connectivity index (χ3v) is 4.85. The Bertz CT molecular complexity index is 767. The van der Waals surface area contributed by atoms with Gasteiger partial charge in [-0.3, -0.25) is 0 Å². The second-order valence-corrected chi connectivity index (χ2v) is 6.48. The Labute approximate surface area is 147 Å². The highest BCUT2D eigenvalue weighted by Crippen LogP contribution is 2.21. The van der Waals surface area contributed by atoms with Crippen molar-refractivity contribution in [1.82, 2.24) is 19.8 Å². The van der Waals surface area contributed by atoms with E-state index < -0.39 is 0 Å². The molecule has 2 amide bonds. The van der Waals surface area contributed by atoms with Crippen molar-refractivity contribution in [3.05, 3.63) is 30.0 Å². The molecule has 1 aromatic carbocycles. The van der Waals surface area contributed by atoms with Crippen LogP contribution in [0, 0.1) is 6.92 Å². The van der Waals surface area contributed by atoms with Crippen LogP contribution in [0.15, 0.2) is 24.3 Å². The molecular weight excluding hydrogens is 318 g/mol. The summed E-state index contributed by atoms with van der Waals surface area (Å²) in [5.41, 5.74) is 2.77. The molecule has 3 heterocycles. The van der Waals surface area contributed by atoms with Crippen molar-refractivity contribution in [1.29, 1.82) is 0 Å². The minimum Gasteiger partial charge on any atom is -0.378 e. The van der Waals surface area contributed by atoms with Crippen molar-refractivity contribution >= 4 is 22.9 Å². The Balaban J connectivity index is 1.45. The fourth-order valence-corrected chi connectivity index (χ4v) is 3.44. The molecular formula is C18H23N5O2. The standard InChI is InChI=1S/C18H23N5O2/c1-14-17(20-16-5-3-2-4-15(16)19-14)21-6-8-22(9-7-21)18(24)23-10-12-25-13-11-23/h2-5H,6-13H2,1H3. The van der Waals surface area contributed by atoms with Gasteiger partial charge in [0, 0.05) is 39.3 Å². The second kappa shape index (κ2) is 6.84. The maximum Gasteiger partial charge on any atom is 0.320 e. The fraction of sp³-hybridized carbons (Fsp3) is 0.500. The summed E-state index contributed by atoms with van der Waals surface area (Å²) in [5.74, 6) is 0.928. The Morgan fingerprint density at radius 2 is 1.52 bits per heavy atom. The second-order valence-electron chi connectivity index (χ2n) is 6.48. The number of piperazine rings is 1. The third kappa shape index (κ3) is 3.24. The maximum atomic E-state index is 12.6. The number of nitrogens with zero attached hydrogens (tertiary/aromatic N) is 5. The topological polar surface area (TPSA) is 61.8 Å². The van der Waals surface area contributed by atoms with Crippen LogP contribution in [0.2, 0.25) is 0 Å². The summed E-state index contributed by atoms with van der Waals surface area (Å²) in [6, 6.07) is 8.06. The van der Waals surface area contributed by atoms with Gasteiger partial charge >= 0.3 is 6.03 Å². The van der Waals surface area contributed by atoms with Crippen LogP contribution in [0.3, 0.4) is 0 Å². The first-order valence-electron chi connectivity index (χ1n) is 8.82. The first-order chi connectivity index (χ1) is 12.2. The summed E-state index contributed by atoms with van der Waals surface area (Å²) >= 11 is 0. The van der Waals surface area contributed by atoms with E-state index in [1.54, 1.807) is 0 Å². The van der Waals surface area contributed by atoms with Gasteiger partial charge in [-0.1, -0.05) is 12.1 Å². The van der Waals surface area contributed by atoms with E-state index in [1.165, 1.54) is 0 Å². The average Bonchev–Trinajstić information content (AvgIpc) is 2.68. The zero-order valence-corrected chi connectivity index (χ0v) is 14.5. The molecule has 0 saturated carbocycles. The maximum absolute atomic E-state index is 12.6. The summed E-state index contributed by atoms with van der Waals surface area (Å²) in [6.45, 7) is 7.64. The number of anilines is 1. The summed E-state index contributed by atoms with van der Waals surface area (Å²) in [6.07, 6.45) is 0. The first-order valence-corrected chi connectivity index (χ1v) is 8.82. The van der Waals surface area contributed by atoms with Crippen molar-refractivity contribution in [2.45, 2.75) is 6.92 Å². The van der Waals surface area contributed by atoms with Gasteiger partial charge in [0.05, 0.1) is 29.9 Å². The number of urea groups is 1. The highest BCUT2D eigenvalue weighted by Gasteiger charge is 2.27. The van der Waals surface area contributed by atoms with Gasteiger partial charge in [-0.05, 0) is 19.1 Å². The molecule has 2 aliphatic rings. The quantitative estimate of drug-likeness (QED) is 0.787. The molecule has 132 valence electrons. The molecule has 0 N–H and O–H groups in total. The van der Waals surface area contributed by atoms with E-state index in [0.29, 0.717) is 39.4 Å². The molecule has 2 aliphatic heterocycles. The summed E-state index contributed by atoms with van der Waals surface area (Å²) in [5, 5.41) is 0. The minimum atomic E-state index is 0.129. The average molecular weight is 341 g/mol. The van der Waals surface area contributed by atoms with Gasteiger partial charge in [-0.25, -0.2) is 14.8 Å². The van der Waals surface area contributed by atoms with Gasteiger partial charge in [-0.15, -0.1) is 0 Å². The molecule has 0 radical (unpaired) electrons. The molecule has 2 saturated heterocycles. The number of aromatic nitrogens is 2. The summed E-state index contributed by atoms with van der Waals surface area (Å²) < 4.78 is 5.32. The highest BCUT2D eigenvalue weighted by atomic mass is 16.5. The molecule has 2 aromatic rings. The van der Waals surface area contributed by atoms with Crippen LogP contribution in [0.1, 0.15) is 5.69 Å². The number of rotatable bonds is 1. The predicted molar refractivity (Wildman–Crippen MR) is 95.8 cm³/mol. The lowest BCUT2D eigenvalue weighted by molar-refractivity contribution is 0.0428. The Kier molecular flexibility index (Phi) is 4.40. The number of aryl methyl sites for hydroxylation is 1. The van der Waals surface area contributed by atoms with Gasteiger partial charge < -0.3 is 19.4 Å². The van der Waals surface area contributed by atoms with Crippen LogP contribution < -0.4 is 4.90 Å². The van der Waals surface area contributed by atoms with Gasteiger partial charge in [0.2, 0.25) is 0 Å². The van der Waals surface area contributed by atoms with Crippen LogP contribution in [0.25, 0.3) is 11.0 Å². The minimum absolute atomic E-state index is 0.129. The van der Waals surface area contributed by atoms with E-state index >= 15 is 0 Å². The van der Waals surface area contributed by atoms with E-state index in [2.05, 4.69) is 9.88 Å². The summed E-state index contributed by atoms with van der Waals surface area (Å²) in [7, 11) is 0. The number of amides is 2. The number of morpholine rings is 1. The Hall–Kier alpha value is -2.41. The molecule has 2 fully saturated rings. The van der Waals surface area contributed by atoms with Crippen molar-refractivity contribution in [2.24, 2.45) is 0 Å². The monoisotopic (exact) mass is 341 g/mol. The van der Waals surface area contributed by atoms with Crippen molar-refractivity contribution in [3.63, 3.8) is 0 Å². The number of carbonyl (C=O) groups excluding carboxylic acids is 1. The number of benzene rings is 1. The number of fused-ring (bicyclic) bond motifs is 1. The van der Waals surface area contributed by atoms with Crippen LogP contribution in [0.4, 0.5) is 10.6 Å². The lowest BCUT2D eigenvalue weighted by atomic mass is 10.2.